The van der Waals surface area contributed by atoms with Gasteiger partial charge in [-0.05, 0) is 0 Å². The van der Waals surface area contributed by atoms with E-state index in [0.29, 0.717) is 0 Å². The maximum absolute atomic E-state index is 3.90. The first-order chi connectivity index (χ1) is 2.50. The summed E-state index contributed by atoms with van der Waals surface area (Å²) in [7, 11) is 0. The molecule has 0 aliphatic carbocycles. The highest BCUT2D eigenvalue weighted by Crippen LogP contribution is 1.59. The maximum atomic E-state index is 3.90. The molecular weight excluding hydrogens is 135 g/mol. The summed E-state index contributed by atoms with van der Waals surface area (Å²) in [5.74, 6) is 0. The van der Waals surface area contributed by atoms with Crippen LogP contribution in [0.15, 0.2) is 4.99 Å². The number of nitrogens with two attached hydrogens (primary N) is 1. The lowest BCUT2D eigenvalue weighted by molar-refractivity contribution is -0.518. The van der Waals surface area contributed by atoms with Gasteiger partial charge in [-0.1, -0.05) is 0 Å². The second-order valence-corrected chi connectivity index (χ2v) is 1.08. The Morgan fingerprint density at radius 1 is 1.43 bits per heavy atom. The predicted molar refractivity (Wildman–Crippen MR) is 20.2 cm³/mol. The molecule has 0 amide bonds. The normalized spacial score (nSPS) is 14.9. The molecule has 1 rings (SSSR count). The fourth-order valence-electron chi connectivity index (χ4n) is 0.373. The van der Waals surface area contributed by atoms with Crippen molar-refractivity contribution >= 4 is 6.34 Å². The molecule has 1 heterocycles. The molecule has 44 valence electrons. The van der Waals surface area contributed by atoms with Crippen molar-refractivity contribution in [3.63, 3.8) is 0 Å². The van der Waals surface area contributed by atoms with Gasteiger partial charge in [0.05, 0.1) is 6.54 Å². The molecule has 0 atom stereocenters. The van der Waals surface area contributed by atoms with Crippen LogP contribution in [0.5, 0.6) is 0 Å². The molecule has 1 aliphatic heterocycles. The fourth-order valence-corrected chi connectivity index (χ4v) is 0.373. The summed E-state index contributed by atoms with van der Waals surface area (Å²) in [5, 5.41) is 2.07. The zero-order chi connectivity index (χ0) is 3.54. The molecule has 1 aliphatic rings. The number of hydrogen-bond donors (Lipinski definition) is 1. The van der Waals surface area contributed by atoms with Crippen molar-refractivity contribution in [1.29, 1.82) is 0 Å². The quantitative estimate of drug-likeness (QED) is 0.348. The Bertz CT molecular complexity index is 48.9. The molecule has 0 saturated heterocycles. The Morgan fingerprint density at radius 3 is 2.29 bits per heavy atom. The minimum atomic E-state index is 0. The minimum Gasteiger partial charge on any atom is -1.00 e. The molecule has 0 aromatic rings. The maximum Gasteiger partial charge on any atom is 0.182 e. The number of halogens is 2. The summed E-state index contributed by atoms with van der Waals surface area (Å²) >= 11 is 0. The van der Waals surface area contributed by atoms with Gasteiger partial charge in [-0.25, -0.2) is 4.99 Å². The first kappa shape index (κ1) is 10.2. The van der Waals surface area contributed by atoms with E-state index in [1.807, 2.05) is 6.34 Å². The Kier molecular flexibility index (Phi) is 9.09. The van der Waals surface area contributed by atoms with Crippen LogP contribution < -0.4 is 30.1 Å². The van der Waals surface area contributed by atoms with E-state index in [-0.39, 0.29) is 24.8 Å². The van der Waals surface area contributed by atoms with Crippen molar-refractivity contribution in [2.24, 2.45) is 4.99 Å². The molecule has 0 unspecified atom stereocenters. The van der Waals surface area contributed by atoms with Gasteiger partial charge < -0.3 is 30.1 Å². The molecule has 0 fully saturated rings. The first-order valence-corrected chi connectivity index (χ1v) is 1.82. The zero-order valence-corrected chi connectivity index (χ0v) is 5.28. The van der Waals surface area contributed by atoms with Crippen molar-refractivity contribution < 1.29 is 30.1 Å². The molecule has 2 nitrogen and oxygen atoms in total. The van der Waals surface area contributed by atoms with Gasteiger partial charge in [0.15, 0.2) is 6.34 Å². The summed E-state index contributed by atoms with van der Waals surface area (Å²) in [6.07, 6.45) is 1.86. The molecule has 0 aromatic heterocycles. The summed E-state index contributed by atoms with van der Waals surface area (Å²) in [5.41, 5.74) is 0. The van der Waals surface area contributed by atoms with Gasteiger partial charge in [0, 0.05) is 0 Å². The van der Waals surface area contributed by atoms with Crippen LogP contribution in [-0.4, -0.2) is 19.4 Å². The Hall–Kier alpha value is 0.210. The zero-order valence-electron chi connectivity index (χ0n) is 3.77. The topological polar surface area (TPSA) is 29.0 Å². The third kappa shape index (κ3) is 4.05. The van der Waals surface area contributed by atoms with Crippen LogP contribution in [0.25, 0.3) is 0 Å². The molecule has 0 bridgehead atoms. The van der Waals surface area contributed by atoms with E-state index in [1.165, 1.54) is 0 Å². The standard InChI is InChI=1S/C3H6N2.2ClH/c1-2-5-3-4-1;;/h3H,1-2H2,(H,4,5);2*1H/p-1. The van der Waals surface area contributed by atoms with Gasteiger partial charge >= 0.3 is 0 Å². The highest BCUT2D eigenvalue weighted by atomic mass is 35.5. The molecule has 0 aromatic carbocycles. The average Bonchev–Trinajstić information content (AvgIpc) is 1.76. The van der Waals surface area contributed by atoms with Crippen molar-refractivity contribution in [3.8, 4) is 0 Å². The van der Waals surface area contributed by atoms with E-state index in [0.717, 1.165) is 13.1 Å². The van der Waals surface area contributed by atoms with Gasteiger partial charge in [0.25, 0.3) is 0 Å². The smallest absolute Gasteiger partial charge is 0.182 e. The van der Waals surface area contributed by atoms with Crippen molar-refractivity contribution in [3.05, 3.63) is 0 Å². The van der Waals surface area contributed by atoms with Gasteiger partial charge in [-0.2, -0.15) is 0 Å². The Balaban J connectivity index is 0. The van der Waals surface area contributed by atoms with Crippen LogP contribution in [0.2, 0.25) is 0 Å². The van der Waals surface area contributed by atoms with Crippen LogP contribution in [0.1, 0.15) is 0 Å². The third-order valence-corrected chi connectivity index (χ3v) is 0.636. The lowest BCUT2D eigenvalue weighted by atomic mass is 10.7. The molecule has 0 spiro atoms. The average molecular weight is 142 g/mol. The Morgan fingerprint density at radius 2 is 2.14 bits per heavy atom. The van der Waals surface area contributed by atoms with Gasteiger partial charge in [-0.15, -0.1) is 0 Å². The largest absolute Gasteiger partial charge is 1.00 e. The fraction of sp³-hybridized carbons (Fsp3) is 0.667. The van der Waals surface area contributed by atoms with E-state index in [4.69, 9.17) is 0 Å². The second-order valence-electron chi connectivity index (χ2n) is 1.08. The molecular formula is C3H7Cl2N2-. The molecule has 4 heteroatoms. The predicted octanol–water partition coefficient (Wildman–Crippen LogP) is -7.40. The molecule has 0 saturated carbocycles. The minimum absolute atomic E-state index is 0. The van der Waals surface area contributed by atoms with E-state index in [9.17, 15) is 0 Å². The second kappa shape index (κ2) is 6.21. The SMILES string of the molecule is C1=NCC[NH2+]1.[Cl-].[Cl-]. The van der Waals surface area contributed by atoms with E-state index in [2.05, 4.69) is 10.3 Å². The highest BCUT2D eigenvalue weighted by Gasteiger charge is 1.88. The highest BCUT2D eigenvalue weighted by molar-refractivity contribution is 5.42. The summed E-state index contributed by atoms with van der Waals surface area (Å²) < 4.78 is 0. The monoisotopic (exact) mass is 141 g/mol. The van der Waals surface area contributed by atoms with Gasteiger partial charge in [0.1, 0.15) is 6.54 Å². The third-order valence-electron chi connectivity index (χ3n) is 0.636. The summed E-state index contributed by atoms with van der Waals surface area (Å²) in [6, 6.07) is 0. The van der Waals surface area contributed by atoms with Gasteiger partial charge in [-0.3, -0.25) is 0 Å². The van der Waals surface area contributed by atoms with Crippen LogP contribution in [0, 0.1) is 0 Å². The number of quaternary nitrogens is 1. The van der Waals surface area contributed by atoms with Crippen LogP contribution in [-0.2, 0) is 0 Å². The van der Waals surface area contributed by atoms with Crippen LogP contribution >= 0.6 is 0 Å². The lowest BCUT2D eigenvalue weighted by Crippen LogP contribution is -3.00. The van der Waals surface area contributed by atoms with E-state index in [1.54, 1.807) is 0 Å². The number of hydrogen-bond acceptors (Lipinski definition) is 1. The summed E-state index contributed by atoms with van der Waals surface area (Å²) in [4.78, 5) is 3.90. The molecule has 7 heavy (non-hydrogen) atoms. The van der Waals surface area contributed by atoms with Crippen molar-refractivity contribution in [2.45, 2.75) is 0 Å². The number of aliphatic imine (C=N–C) groups is 1. The Labute approximate surface area is 55.2 Å². The molecule has 0 radical (unpaired) electrons. The van der Waals surface area contributed by atoms with Gasteiger partial charge in [0.2, 0.25) is 0 Å². The van der Waals surface area contributed by atoms with E-state index < -0.39 is 0 Å². The van der Waals surface area contributed by atoms with Crippen molar-refractivity contribution in [1.82, 2.24) is 0 Å². The van der Waals surface area contributed by atoms with Crippen LogP contribution in [0.4, 0.5) is 0 Å². The summed E-state index contributed by atoms with van der Waals surface area (Å²) in [6.45, 7) is 2.17. The van der Waals surface area contributed by atoms with E-state index >= 15 is 0 Å². The first-order valence-electron chi connectivity index (χ1n) is 1.82. The lowest BCUT2D eigenvalue weighted by Gasteiger charge is -1.68. The number of nitrogens with zero attached hydrogens (tertiary/aromatic N) is 1. The van der Waals surface area contributed by atoms with Crippen LogP contribution in [0.3, 0.4) is 0 Å². The van der Waals surface area contributed by atoms with Crippen molar-refractivity contribution in [2.75, 3.05) is 13.1 Å². The molecule has 2 N–H and O–H groups in total. The number of rotatable bonds is 0.